The molecule has 144 valence electrons. The van der Waals surface area contributed by atoms with E-state index in [1.54, 1.807) is 24.3 Å². The lowest BCUT2D eigenvalue weighted by Crippen LogP contribution is -2.19. The fourth-order valence-corrected chi connectivity index (χ4v) is 3.42. The van der Waals surface area contributed by atoms with Crippen LogP contribution in [0.15, 0.2) is 77.7 Å². The standard InChI is InChI=1S/C23H22O4S/c1-16-4-8-18(9-5-16)22(24)23(19-10-6-17(2)7-11-19)27-20-12-14-21(15-13-20)28(3,25)26/h4-15,23H,1-3H3. The van der Waals surface area contributed by atoms with Crippen molar-refractivity contribution in [2.24, 2.45) is 0 Å². The summed E-state index contributed by atoms with van der Waals surface area (Å²) in [6, 6.07) is 21.1. The molecule has 0 spiro atoms. The van der Waals surface area contributed by atoms with Crippen LogP contribution in [0.4, 0.5) is 0 Å². The van der Waals surface area contributed by atoms with Crippen molar-refractivity contribution in [1.82, 2.24) is 0 Å². The van der Waals surface area contributed by atoms with Gasteiger partial charge in [0.25, 0.3) is 0 Å². The second kappa shape index (κ2) is 7.98. The van der Waals surface area contributed by atoms with Crippen LogP contribution in [0.25, 0.3) is 0 Å². The van der Waals surface area contributed by atoms with E-state index in [1.165, 1.54) is 12.1 Å². The fourth-order valence-electron chi connectivity index (χ4n) is 2.78. The molecule has 3 aromatic rings. The van der Waals surface area contributed by atoms with Crippen molar-refractivity contribution in [3.63, 3.8) is 0 Å². The molecule has 0 saturated heterocycles. The molecule has 0 aliphatic carbocycles. The Labute approximate surface area is 165 Å². The molecule has 4 nitrogen and oxygen atoms in total. The number of sulfone groups is 1. The number of carbonyl (C=O) groups excluding carboxylic acids is 1. The molecular formula is C23H22O4S. The summed E-state index contributed by atoms with van der Waals surface area (Å²) in [5.41, 5.74) is 3.45. The molecule has 0 bridgehead atoms. The molecule has 0 saturated carbocycles. The van der Waals surface area contributed by atoms with Crippen molar-refractivity contribution in [2.75, 3.05) is 6.26 Å². The van der Waals surface area contributed by atoms with Gasteiger partial charge in [0.05, 0.1) is 4.90 Å². The summed E-state index contributed by atoms with van der Waals surface area (Å²) >= 11 is 0. The van der Waals surface area contributed by atoms with Crippen molar-refractivity contribution in [2.45, 2.75) is 24.8 Å². The number of hydrogen-bond acceptors (Lipinski definition) is 4. The molecule has 0 N–H and O–H groups in total. The van der Waals surface area contributed by atoms with Crippen molar-refractivity contribution < 1.29 is 17.9 Å². The number of carbonyl (C=O) groups is 1. The first-order valence-electron chi connectivity index (χ1n) is 8.88. The Morgan fingerprint density at radius 2 is 1.29 bits per heavy atom. The van der Waals surface area contributed by atoms with E-state index in [0.29, 0.717) is 11.3 Å². The lowest BCUT2D eigenvalue weighted by atomic mass is 9.98. The van der Waals surface area contributed by atoms with Crippen LogP contribution in [0.1, 0.15) is 33.2 Å². The topological polar surface area (TPSA) is 60.4 Å². The summed E-state index contributed by atoms with van der Waals surface area (Å²) in [5, 5.41) is 0. The monoisotopic (exact) mass is 394 g/mol. The average Bonchev–Trinajstić information content (AvgIpc) is 2.67. The summed E-state index contributed by atoms with van der Waals surface area (Å²) < 4.78 is 29.3. The van der Waals surface area contributed by atoms with Gasteiger partial charge >= 0.3 is 0 Å². The average molecular weight is 394 g/mol. The van der Waals surface area contributed by atoms with Gasteiger partial charge in [0.2, 0.25) is 5.78 Å². The second-order valence-corrected chi connectivity index (χ2v) is 8.90. The molecule has 3 rings (SSSR count). The van der Waals surface area contributed by atoms with Crippen LogP contribution in [0.5, 0.6) is 5.75 Å². The number of Topliss-reactive ketones (excluding diaryl/α,β-unsaturated/α-hetero) is 1. The van der Waals surface area contributed by atoms with Gasteiger partial charge in [-0.1, -0.05) is 59.7 Å². The minimum Gasteiger partial charge on any atom is -0.478 e. The predicted molar refractivity (Wildman–Crippen MR) is 110 cm³/mol. The van der Waals surface area contributed by atoms with Gasteiger partial charge in [0.15, 0.2) is 15.9 Å². The van der Waals surface area contributed by atoms with Gasteiger partial charge in [0, 0.05) is 17.4 Å². The van der Waals surface area contributed by atoms with E-state index >= 15 is 0 Å². The minimum absolute atomic E-state index is 0.156. The van der Waals surface area contributed by atoms with Gasteiger partial charge in [-0.25, -0.2) is 8.42 Å². The van der Waals surface area contributed by atoms with E-state index in [4.69, 9.17) is 4.74 Å². The molecule has 0 aliphatic heterocycles. The maximum absolute atomic E-state index is 13.2. The van der Waals surface area contributed by atoms with Gasteiger partial charge < -0.3 is 4.74 Å². The van der Waals surface area contributed by atoms with Crippen LogP contribution in [0.2, 0.25) is 0 Å². The van der Waals surface area contributed by atoms with Crippen molar-refractivity contribution >= 4 is 15.6 Å². The molecule has 0 amide bonds. The Morgan fingerprint density at radius 3 is 1.79 bits per heavy atom. The summed E-state index contributed by atoms with van der Waals surface area (Å²) in [5.74, 6) is 0.273. The first-order chi connectivity index (χ1) is 13.2. The molecule has 0 aromatic heterocycles. The Kier molecular flexibility index (Phi) is 5.66. The van der Waals surface area contributed by atoms with Crippen LogP contribution in [-0.2, 0) is 9.84 Å². The van der Waals surface area contributed by atoms with Gasteiger partial charge in [0.1, 0.15) is 5.75 Å². The lowest BCUT2D eigenvalue weighted by molar-refractivity contribution is 0.0792. The highest BCUT2D eigenvalue weighted by Crippen LogP contribution is 2.27. The number of ether oxygens (including phenoxy) is 1. The van der Waals surface area contributed by atoms with Crippen LogP contribution in [0, 0.1) is 13.8 Å². The Hall–Kier alpha value is -2.92. The maximum Gasteiger partial charge on any atom is 0.207 e. The molecule has 28 heavy (non-hydrogen) atoms. The smallest absolute Gasteiger partial charge is 0.207 e. The first-order valence-corrected chi connectivity index (χ1v) is 10.8. The quantitative estimate of drug-likeness (QED) is 0.568. The number of aryl methyl sites for hydroxylation is 2. The zero-order valence-electron chi connectivity index (χ0n) is 16.0. The zero-order valence-corrected chi connectivity index (χ0v) is 16.9. The van der Waals surface area contributed by atoms with E-state index in [-0.39, 0.29) is 10.7 Å². The van der Waals surface area contributed by atoms with E-state index in [0.717, 1.165) is 22.9 Å². The molecule has 0 aliphatic rings. The largest absolute Gasteiger partial charge is 0.478 e. The van der Waals surface area contributed by atoms with Gasteiger partial charge in [-0.05, 0) is 38.1 Å². The zero-order chi connectivity index (χ0) is 20.3. The number of ketones is 1. The van der Waals surface area contributed by atoms with E-state index < -0.39 is 15.9 Å². The lowest BCUT2D eigenvalue weighted by Gasteiger charge is -2.19. The number of hydrogen-bond donors (Lipinski definition) is 0. The predicted octanol–water partition coefficient (Wildman–Crippen LogP) is 4.71. The maximum atomic E-state index is 13.2. The molecule has 0 radical (unpaired) electrons. The second-order valence-electron chi connectivity index (χ2n) is 6.88. The van der Waals surface area contributed by atoms with Crippen molar-refractivity contribution in [3.05, 3.63) is 95.1 Å². The molecule has 3 aromatic carbocycles. The van der Waals surface area contributed by atoms with Crippen LogP contribution >= 0.6 is 0 Å². The van der Waals surface area contributed by atoms with Crippen LogP contribution in [0.3, 0.4) is 0 Å². The Balaban J connectivity index is 1.95. The van der Waals surface area contributed by atoms with Gasteiger partial charge in [-0.15, -0.1) is 0 Å². The highest BCUT2D eigenvalue weighted by molar-refractivity contribution is 7.90. The Morgan fingerprint density at radius 1 is 0.786 bits per heavy atom. The molecule has 0 heterocycles. The number of benzene rings is 3. The third-order valence-corrected chi connectivity index (χ3v) is 5.59. The Bertz CT molecular complexity index is 1060. The molecule has 5 heteroatoms. The third-order valence-electron chi connectivity index (χ3n) is 4.46. The molecule has 0 fully saturated rings. The number of rotatable bonds is 6. The normalized spacial score (nSPS) is 12.4. The summed E-state index contributed by atoms with van der Waals surface area (Å²) in [4.78, 5) is 13.4. The SMILES string of the molecule is Cc1ccc(C(=O)C(Oc2ccc(S(C)(=O)=O)cc2)c2ccc(C)cc2)cc1. The van der Waals surface area contributed by atoms with Crippen molar-refractivity contribution in [1.29, 1.82) is 0 Å². The van der Waals surface area contributed by atoms with E-state index in [1.807, 2.05) is 50.2 Å². The third kappa shape index (κ3) is 4.67. The highest BCUT2D eigenvalue weighted by Gasteiger charge is 2.24. The fraction of sp³-hybridized carbons (Fsp3) is 0.174. The highest BCUT2D eigenvalue weighted by atomic mass is 32.2. The van der Waals surface area contributed by atoms with E-state index in [2.05, 4.69) is 0 Å². The molecule has 1 atom stereocenters. The van der Waals surface area contributed by atoms with Crippen LogP contribution in [-0.4, -0.2) is 20.5 Å². The van der Waals surface area contributed by atoms with Crippen LogP contribution < -0.4 is 4.74 Å². The summed E-state index contributed by atoms with van der Waals surface area (Å²) in [7, 11) is -3.29. The molecule has 1 unspecified atom stereocenters. The van der Waals surface area contributed by atoms with Crippen molar-refractivity contribution in [3.8, 4) is 5.75 Å². The summed E-state index contributed by atoms with van der Waals surface area (Å²) in [6.45, 7) is 3.94. The van der Waals surface area contributed by atoms with Gasteiger partial charge in [-0.2, -0.15) is 0 Å². The van der Waals surface area contributed by atoms with Gasteiger partial charge in [-0.3, -0.25) is 4.79 Å². The minimum atomic E-state index is -3.29. The molecular weight excluding hydrogens is 372 g/mol. The summed E-state index contributed by atoms with van der Waals surface area (Å²) in [6.07, 6.45) is 0.325. The first kappa shape index (κ1) is 19.8. The van der Waals surface area contributed by atoms with E-state index in [9.17, 15) is 13.2 Å².